The van der Waals surface area contributed by atoms with Gasteiger partial charge in [0.15, 0.2) is 0 Å². The first-order valence-electron chi connectivity index (χ1n) is 9.16. The van der Waals surface area contributed by atoms with Crippen LogP contribution in [-0.4, -0.2) is 59.1 Å². The molecule has 25 heavy (non-hydrogen) atoms. The third-order valence-electron chi connectivity index (χ3n) is 5.31. The molecule has 1 aromatic carbocycles. The second kappa shape index (κ2) is 8.34. The van der Waals surface area contributed by atoms with Crippen molar-refractivity contribution in [2.24, 2.45) is 5.92 Å². The van der Waals surface area contributed by atoms with Gasteiger partial charge in [-0.05, 0) is 31.2 Å². The number of carbonyl (C=O) groups is 2. The molecular formula is C19H27N3O3. The standard InChI is InChI=1S/C19H27N3O3/c23-18(24)16-6-8-17(9-7-16)20-19(25)22-12-10-21(11-13-22)14-15-4-2-1-3-5-15/h1-5,16-17H,6-14H2,(H,20,25)(H,23,24). The summed E-state index contributed by atoms with van der Waals surface area (Å²) in [6.07, 6.45) is 2.84. The van der Waals surface area contributed by atoms with E-state index in [-0.39, 0.29) is 18.0 Å². The zero-order valence-electron chi connectivity index (χ0n) is 14.6. The molecule has 1 heterocycles. The SMILES string of the molecule is O=C(O)C1CCC(NC(=O)N2CCN(Cc3ccccc3)CC2)CC1. The maximum atomic E-state index is 12.4. The van der Waals surface area contributed by atoms with Gasteiger partial charge >= 0.3 is 12.0 Å². The smallest absolute Gasteiger partial charge is 0.317 e. The van der Waals surface area contributed by atoms with E-state index in [0.717, 1.165) is 45.6 Å². The normalized spacial score (nSPS) is 24.7. The quantitative estimate of drug-likeness (QED) is 0.877. The predicted octanol–water partition coefficient (Wildman–Crippen LogP) is 2.16. The van der Waals surface area contributed by atoms with Crippen LogP contribution in [-0.2, 0) is 11.3 Å². The van der Waals surface area contributed by atoms with Crippen molar-refractivity contribution in [2.75, 3.05) is 26.2 Å². The molecular weight excluding hydrogens is 318 g/mol. The molecule has 6 nitrogen and oxygen atoms in total. The maximum Gasteiger partial charge on any atom is 0.317 e. The minimum atomic E-state index is -0.709. The molecule has 3 rings (SSSR count). The average Bonchev–Trinajstić information content (AvgIpc) is 2.63. The second-order valence-corrected chi connectivity index (χ2v) is 7.09. The van der Waals surface area contributed by atoms with E-state index in [2.05, 4.69) is 34.5 Å². The van der Waals surface area contributed by atoms with E-state index in [1.165, 1.54) is 5.56 Å². The monoisotopic (exact) mass is 345 g/mol. The van der Waals surface area contributed by atoms with E-state index in [1.807, 2.05) is 11.0 Å². The van der Waals surface area contributed by atoms with Crippen LogP contribution in [0.25, 0.3) is 0 Å². The summed E-state index contributed by atoms with van der Waals surface area (Å²) in [5.41, 5.74) is 1.30. The Morgan fingerprint density at radius 3 is 2.24 bits per heavy atom. The fourth-order valence-electron chi connectivity index (χ4n) is 3.70. The number of benzene rings is 1. The van der Waals surface area contributed by atoms with Crippen molar-refractivity contribution in [3.63, 3.8) is 0 Å². The largest absolute Gasteiger partial charge is 0.481 e. The highest BCUT2D eigenvalue weighted by atomic mass is 16.4. The van der Waals surface area contributed by atoms with Crippen LogP contribution in [0.4, 0.5) is 4.79 Å². The molecule has 1 aliphatic heterocycles. The van der Waals surface area contributed by atoms with Gasteiger partial charge in [-0.2, -0.15) is 0 Å². The number of carboxylic acid groups (broad SMARTS) is 1. The lowest BCUT2D eigenvalue weighted by Crippen LogP contribution is -2.53. The molecule has 0 spiro atoms. The van der Waals surface area contributed by atoms with E-state index in [0.29, 0.717) is 12.8 Å². The summed E-state index contributed by atoms with van der Waals surface area (Å²) in [7, 11) is 0. The molecule has 1 saturated carbocycles. The first-order valence-corrected chi connectivity index (χ1v) is 9.16. The van der Waals surface area contributed by atoms with Crippen LogP contribution in [0.1, 0.15) is 31.2 Å². The molecule has 2 fully saturated rings. The minimum Gasteiger partial charge on any atom is -0.481 e. The molecule has 2 amide bonds. The Bertz CT molecular complexity index is 577. The molecule has 0 atom stereocenters. The molecule has 0 bridgehead atoms. The van der Waals surface area contributed by atoms with E-state index in [1.54, 1.807) is 0 Å². The number of aliphatic carboxylic acids is 1. The average molecular weight is 345 g/mol. The Morgan fingerprint density at radius 1 is 1.00 bits per heavy atom. The molecule has 1 aliphatic carbocycles. The zero-order chi connectivity index (χ0) is 17.6. The number of hydrogen-bond donors (Lipinski definition) is 2. The van der Waals surface area contributed by atoms with Crippen molar-refractivity contribution in [3.05, 3.63) is 35.9 Å². The number of carbonyl (C=O) groups excluding carboxylic acids is 1. The summed E-state index contributed by atoms with van der Waals surface area (Å²) >= 11 is 0. The summed E-state index contributed by atoms with van der Waals surface area (Å²) in [5, 5.41) is 12.1. The number of nitrogens with zero attached hydrogens (tertiary/aromatic N) is 2. The Morgan fingerprint density at radius 2 is 1.64 bits per heavy atom. The molecule has 1 saturated heterocycles. The molecule has 6 heteroatoms. The van der Waals surface area contributed by atoms with Crippen molar-refractivity contribution in [2.45, 2.75) is 38.3 Å². The second-order valence-electron chi connectivity index (χ2n) is 7.09. The Hall–Kier alpha value is -2.08. The van der Waals surface area contributed by atoms with Gasteiger partial charge in [0.25, 0.3) is 0 Å². The van der Waals surface area contributed by atoms with Crippen LogP contribution in [0.5, 0.6) is 0 Å². The van der Waals surface area contributed by atoms with Gasteiger partial charge in [-0.3, -0.25) is 9.69 Å². The Labute approximate surface area is 148 Å². The predicted molar refractivity (Wildman–Crippen MR) is 95.2 cm³/mol. The molecule has 2 aliphatic rings. The summed E-state index contributed by atoms with van der Waals surface area (Å²) in [6, 6.07) is 10.5. The van der Waals surface area contributed by atoms with Crippen LogP contribution in [0.2, 0.25) is 0 Å². The van der Waals surface area contributed by atoms with Crippen molar-refractivity contribution in [3.8, 4) is 0 Å². The lowest BCUT2D eigenvalue weighted by atomic mass is 9.86. The van der Waals surface area contributed by atoms with E-state index in [4.69, 9.17) is 5.11 Å². The van der Waals surface area contributed by atoms with Gasteiger partial charge < -0.3 is 15.3 Å². The van der Waals surface area contributed by atoms with Gasteiger partial charge in [0.05, 0.1) is 5.92 Å². The summed E-state index contributed by atoms with van der Waals surface area (Å²) in [5.74, 6) is -0.950. The van der Waals surface area contributed by atoms with Crippen LogP contribution in [0.15, 0.2) is 30.3 Å². The highest BCUT2D eigenvalue weighted by molar-refractivity contribution is 5.75. The maximum absolute atomic E-state index is 12.4. The van der Waals surface area contributed by atoms with E-state index < -0.39 is 5.97 Å². The minimum absolute atomic E-state index is 0.00173. The van der Waals surface area contributed by atoms with Crippen LogP contribution in [0.3, 0.4) is 0 Å². The van der Waals surface area contributed by atoms with Gasteiger partial charge in [0.1, 0.15) is 0 Å². The third kappa shape index (κ3) is 4.95. The van der Waals surface area contributed by atoms with Crippen molar-refractivity contribution in [1.29, 1.82) is 0 Å². The Balaban J connectivity index is 1.39. The number of urea groups is 1. The topological polar surface area (TPSA) is 72.9 Å². The summed E-state index contributed by atoms with van der Waals surface area (Å²) in [4.78, 5) is 27.7. The van der Waals surface area contributed by atoms with Crippen molar-refractivity contribution >= 4 is 12.0 Å². The summed E-state index contributed by atoms with van der Waals surface area (Å²) < 4.78 is 0. The molecule has 2 N–H and O–H groups in total. The third-order valence-corrected chi connectivity index (χ3v) is 5.31. The van der Waals surface area contributed by atoms with E-state index >= 15 is 0 Å². The van der Waals surface area contributed by atoms with Crippen molar-refractivity contribution in [1.82, 2.24) is 15.1 Å². The van der Waals surface area contributed by atoms with Crippen molar-refractivity contribution < 1.29 is 14.7 Å². The Kier molecular flexibility index (Phi) is 5.91. The fraction of sp³-hybridized carbons (Fsp3) is 0.579. The molecule has 0 aromatic heterocycles. The first kappa shape index (κ1) is 17.7. The molecule has 136 valence electrons. The number of piperazine rings is 1. The van der Waals surface area contributed by atoms with Crippen LogP contribution in [0, 0.1) is 5.92 Å². The van der Waals surface area contributed by atoms with Gasteiger partial charge in [0.2, 0.25) is 0 Å². The van der Waals surface area contributed by atoms with E-state index in [9.17, 15) is 9.59 Å². The van der Waals surface area contributed by atoms with Gasteiger partial charge in [-0.1, -0.05) is 30.3 Å². The molecule has 0 radical (unpaired) electrons. The van der Waals surface area contributed by atoms with Crippen LogP contribution < -0.4 is 5.32 Å². The lowest BCUT2D eigenvalue weighted by Gasteiger charge is -2.36. The lowest BCUT2D eigenvalue weighted by molar-refractivity contribution is -0.142. The molecule has 0 unspecified atom stereocenters. The number of nitrogens with one attached hydrogen (secondary N) is 1. The number of amides is 2. The number of hydrogen-bond acceptors (Lipinski definition) is 3. The first-order chi connectivity index (χ1) is 12.1. The highest BCUT2D eigenvalue weighted by Gasteiger charge is 2.28. The number of rotatable bonds is 4. The zero-order valence-corrected chi connectivity index (χ0v) is 14.6. The highest BCUT2D eigenvalue weighted by Crippen LogP contribution is 2.24. The summed E-state index contributed by atoms with van der Waals surface area (Å²) in [6.45, 7) is 4.17. The fourth-order valence-corrected chi connectivity index (χ4v) is 3.70. The van der Waals surface area contributed by atoms with Gasteiger partial charge in [-0.25, -0.2) is 4.79 Å². The number of carboxylic acids is 1. The van der Waals surface area contributed by atoms with Gasteiger partial charge in [0, 0.05) is 38.8 Å². The molecule has 1 aromatic rings. The van der Waals surface area contributed by atoms with Gasteiger partial charge in [-0.15, -0.1) is 0 Å². The van der Waals surface area contributed by atoms with Crippen LogP contribution >= 0.6 is 0 Å².